The molecule has 1 aromatic heterocycles. The molecule has 2 aromatic rings. The van der Waals surface area contributed by atoms with E-state index in [-0.39, 0.29) is 4.90 Å². The maximum atomic E-state index is 11.4. The summed E-state index contributed by atoms with van der Waals surface area (Å²) in [6.45, 7) is 0. The van der Waals surface area contributed by atoms with Crippen molar-refractivity contribution in [2.24, 2.45) is 0 Å². The van der Waals surface area contributed by atoms with Crippen LogP contribution in [0.4, 0.5) is 5.69 Å². The third-order valence-electron chi connectivity index (χ3n) is 2.54. The molecule has 0 spiro atoms. The molecule has 0 radical (unpaired) electrons. The van der Waals surface area contributed by atoms with E-state index in [1.54, 1.807) is 36.4 Å². The molecule has 0 aliphatic carbocycles. The van der Waals surface area contributed by atoms with Crippen LogP contribution in [0.3, 0.4) is 0 Å². The van der Waals surface area contributed by atoms with E-state index in [1.807, 2.05) is 0 Å². The summed E-state index contributed by atoms with van der Waals surface area (Å²) < 4.78 is 27.8. The van der Waals surface area contributed by atoms with Crippen molar-refractivity contribution in [1.82, 2.24) is 4.98 Å². The van der Waals surface area contributed by atoms with Gasteiger partial charge in [0.25, 0.3) is 0 Å². The lowest BCUT2D eigenvalue weighted by molar-refractivity contribution is 0.395. The smallest absolute Gasteiger partial charge is 0.214 e. The number of pyridine rings is 1. The summed E-state index contributed by atoms with van der Waals surface area (Å²) in [4.78, 5) is 5.39. The Balaban J connectivity index is 2.26. The summed E-state index contributed by atoms with van der Waals surface area (Å²) in [6.07, 6.45) is 1.18. The predicted molar refractivity (Wildman–Crippen MR) is 78.9 cm³/mol. The molecule has 0 bridgehead atoms. The fourth-order valence-electron chi connectivity index (χ4n) is 1.50. The first kappa shape index (κ1) is 14.7. The summed E-state index contributed by atoms with van der Waals surface area (Å²) in [6, 6.07) is 9.98. The Hall–Kier alpha value is -1.73. The van der Waals surface area contributed by atoms with Crippen LogP contribution in [0, 0.1) is 0 Å². The van der Waals surface area contributed by atoms with Gasteiger partial charge in [-0.25, -0.2) is 13.4 Å². The zero-order valence-corrected chi connectivity index (χ0v) is 12.7. The number of nitrogen functional groups attached to an aromatic ring is 1. The van der Waals surface area contributed by atoms with Crippen LogP contribution in [0.1, 0.15) is 0 Å². The van der Waals surface area contributed by atoms with Crippen LogP contribution in [-0.4, -0.2) is 26.8 Å². The zero-order valence-electron chi connectivity index (χ0n) is 11.0. The number of methoxy groups -OCH3 is 1. The van der Waals surface area contributed by atoms with Gasteiger partial charge in [0.15, 0.2) is 9.84 Å². The fraction of sp³-hybridized carbons (Fsp3) is 0.154. The first-order valence-electron chi connectivity index (χ1n) is 5.68. The molecule has 0 unspecified atom stereocenters. The van der Waals surface area contributed by atoms with Gasteiger partial charge in [0.05, 0.1) is 17.7 Å². The number of rotatable bonds is 4. The molecule has 0 saturated heterocycles. The Bertz CT molecular complexity index is 713. The lowest BCUT2D eigenvalue weighted by Gasteiger charge is -2.07. The van der Waals surface area contributed by atoms with Crippen molar-refractivity contribution < 1.29 is 13.2 Å². The van der Waals surface area contributed by atoms with Crippen molar-refractivity contribution in [1.29, 1.82) is 0 Å². The van der Waals surface area contributed by atoms with Gasteiger partial charge in [-0.05, 0) is 30.3 Å². The van der Waals surface area contributed by atoms with Gasteiger partial charge in [0.2, 0.25) is 5.88 Å². The summed E-state index contributed by atoms with van der Waals surface area (Å²) in [5, 5.41) is 0.622. The number of sulfone groups is 1. The lowest BCUT2D eigenvalue weighted by atomic mass is 10.4. The molecule has 2 N–H and O–H groups in total. The molecule has 1 aromatic carbocycles. The minimum absolute atomic E-state index is 0.286. The predicted octanol–water partition coefficient (Wildman–Crippen LogP) is 2.23. The largest absolute Gasteiger partial charge is 0.481 e. The van der Waals surface area contributed by atoms with Gasteiger partial charge >= 0.3 is 0 Å². The van der Waals surface area contributed by atoms with Gasteiger partial charge in [-0.1, -0.05) is 11.8 Å². The van der Waals surface area contributed by atoms with Gasteiger partial charge < -0.3 is 10.5 Å². The zero-order chi connectivity index (χ0) is 14.8. The van der Waals surface area contributed by atoms with E-state index in [0.29, 0.717) is 16.6 Å². The molecule has 0 amide bonds. The van der Waals surface area contributed by atoms with Crippen molar-refractivity contribution >= 4 is 27.3 Å². The molecule has 5 nitrogen and oxygen atoms in total. The standard InChI is InChI=1S/C13H14N2O3S2/c1-18-12-8-7-11(14)13(15-12)19-9-3-5-10(6-4-9)20(2,16)17/h3-8H,14H2,1-2H3. The van der Waals surface area contributed by atoms with E-state index >= 15 is 0 Å². The topological polar surface area (TPSA) is 82.3 Å². The summed E-state index contributed by atoms with van der Waals surface area (Å²) in [5.41, 5.74) is 6.40. The van der Waals surface area contributed by atoms with E-state index in [1.165, 1.54) is 25.1 Å². The van der Waals surface area contributed by atoms with Crippen LogP contribution in [0.2, 0.25) is 0 Å². The van der Waals surface area contributed by atoms with Crippen molar-refractivity contribution in [2.45, 2.75) is 14.8 Å². The third kappa shape index (κ3) is 3.43. The normalized spacial score (nSPS) is 11.3. The van der Waals surface area contributed by atoms with Crippen molar-refractivity contribution in [2.75, 3.05) is 19.1 Å². The molecule has 0 aliphatic heterocycles. The first-order chi connectivity index (χ1) is 9.40. The average Bonchev–Trinajstić information content (AvgIpc) is 2.41. The number of aromatic nitrogens is 1. The van der Waals surface area contributed by atoms with Crippen molar-refractivity contribution in [3.8, 4) is 5.88 Å². The minimum atomic E-state index is -3.18. The average molecular weight is 310 g/mol. The van der Waals surface area contributed by atoms with E-state index < -0.39 is 9.84 Å². The summed E-state index contributed by atoms with van der Waals surface area (Å²) in [5.74, 6) is 0.481. The Morgan fingerprint density at radius 1 is 1.15 bits per heavy atom. The highest BCUT2D eigenvalue weighted by Crippen LogP contribution is 2.32. The monoisotopic (exact) mass is 310 g/mol. The number of benzene rings is 1. The van der Waals surface area contributed by atoms with Crippen LogP contribution in [0.15, 0.2) is 51.2 Å². The number of anilines is 1. The molecule has 0 fully saturated rings. The van der Waals surface area contributed by atoms with Gasteiger partial charge in [-0.3, -0.25) is 0 Å². The Kier molecular flexibility index (Phi) is 4.20. The highest BCUT2D eigenvalue weighted by Gasteiger charge is 2.09. The molecule has 2 rings (SSSR count). The second-order valence-electron chi connectivity index (χ2n) is 4.09. The van der Waals surface area contributed by atoms with E-state index in [2.05, 4.69) is 4.98 Å². The summed E-state index contributed by atoms with van der Waals surface area (Å²) >= 11 is 1.35. The molecular formula is C13H14N2O3S2. The van der Waals surface area contributed by atoms with Crippen LogP contribution < -0.4 is 10.5 Å². The minimum Gasteiger partial charge on any atom is -0.481 e. The molecule has 0 atom stereocenters. The van der Waals surface area contributed by atoms with Crippen LogP contribution in [-0.2, 0) is 9.84 Å². The molecular weight excluding hydrogens is 296 g/mol. The van der Waals surface area contributed by atoms with Crippen molar-refractivity contribution in [3.05, 3.63) is 36.4 Å². The Morgan fingerprint density at radius 2 is 1.80 bits per heavy atom. The highest BCUT2D eigenvalue weighted by molar-refractivity contribution is 7.99. The lowest BCUT2D eigenvalue weighted by Crippen LogP contribution is -1.96. The molecule has 106 valence electrons. The van der Waals surface area contributed by atoms with E-state index in [4.69, 9.17) is 10.5 Å². The van der Waals surface area contributed by atoms with E-state index in [0.717, 1.165) is 4.90 Å². The van der Waals surface area contributed by atoms with Crippen LogP contribution >= 0.6 is 11.8 Å². The third-order valence-corrected chi connectivity index (χ3v) is 4.70. The second-order valence-corrected chi connectivity index (χ2v) is 7.17. The molecule has 20 heavy (non-hydrogen) atoms. The Morgan fingerprint density at radius 3 is 2.35 bits per heavy atom. The second kappa shape index (κ2) is 5.72. The number of nitrogens with zero attached hydrogens (tertiary/aromatic N) is 1. The van der Waals surface area contributed by atoms with Gasteiger partial charge in [-0.15, -0.1) is 0 Å². The number of ether oxygens (including phenoxy) is 1. The van der Waals surface area contributed by atoms with E-state index in [9.17, 15) is 8.42 Å². The quantitative estimate of drug-likeness (QED) is 0.932. The highest BCUT2D eigenvalue weighted by atomic mass is 32.2. The molecule has 0 aliphatic rings. The molecule has 1 heterocycles. The maximum Gasteiger partial charge on any atom is 0.214 e. The first-order valence-corrected chi connectivity index (χ1v) is 8.39. The number of nitrogens with two attached hydrogens (primary N) is 1. The van der Waals surface area contributed by atoms with Gasteiger partial charge in [0, 0.05) is 17.2 Å². The number of hydrogen-bond donors (Lipinski definition) is 1. The van der Waals surface area contributed by atoms with Gasteiger partial charge in [-0.2, -0.15) is 0 Å². The van der Waals surface area contributed by atoms with Crippen LogP contribution in [0.25, 0.3) is 0 Å². The van der Waals surface area contributed by atoms with Crippen LogP contribution in [0.5, 0.6) is 5.88 Å². The summed E-state index contributed by atoms with van der Waals surface area (Å²) in [7, 11) is -1.65. The number of hydrogen-bond acceptors (Lipinski definition) is 6. The van der Waals surface area contributed by atoms with Gasteiger partial charge in [0.1, 0.15) is 5.03 Å². The fourth-order valence-corrected chi connectivity index (χ4v) is 2.94. The maximum absolute atomic E-state index is 11.4. The SMILES string of the molecule is COc1ccc(N)c(Sc2ccc(S(C)(=O)=O)cc2)n1. The van der Waals surface area contributed by atoms with Crippen molar-refractivity contribution in [3.63, 3.8) is 0 Å². The molecule has 0 saturated carbocycles. The molecule has 7 heteroatoms. The Labute approximate surface area is 122 Å².